The zero-order valence-corrected chi connectivity index (χ0v) is 12.6. The number of nitrogens with zero attached hydrogens (tertiary/aromatic N) is 3. The van der Waals surface area contributed by atoms with Gasteiger partial charge < -0.3 is 4.57 Å². The first-order valence-corrected chi connectivity index (χ1v) is 7.25. The number of nitrogens with one attached hydrogen (secondary N) is 2. The van der Waals surface area contributed by atoms with Crippen LogP contribution in [0.5, 0.6) is 0 Å². The summed E-state index contributed by atoms with van der Waals surface area (Å²) in [4.78, 5) is 23.4. The van der Waals surface area contributed by atoms with Crippen molar-refractivity contribution in [3.63, 3.8) is 0 Å². The standard InChI is InChI=1S/C12H12ClN5O2S/c1-18-7-14-17-12(18)21-6-10(19)15-16-11(20)8-4-2-3-5-9(8)13/h2-5,7H,6H2,1H3,(H,15,19)(H,16,20). The Labute approximate surface area is 130 Å². The number of aromatic nitrogens is 3. The maximum atomic E-state index is 11.8. The molecule has 7 nitrogen and oxygen atoms in total. The van der Waals surface area contributed by atoms with E-state index in [1.807, 2.05) is 0 Å². The quantitative estimate of drug-likeness (QED) is 0.647. The molecule has 0 aliphatic heterocycles. The summed E-state index contributed by atoms with van der Waals surface area (Å²) >= 11 is 7.10. The number of hydrogen-bond acceptors (Lipinski definition) is 5. The van der Waals surface area contributed by atoms with E-state index in [0.29, 0.717) is 15.7 Å². The van der Waals surface area contributed by atoms with Crippen molar-refractivity contribution < 1.29 is 9.59 Å². The summed E-state index contributed by atoms with van der Waals surface area (Å²) in [7, 11) is 1.78. The van der Waals surface area contributed by atoms with Crippen molar-refractivity contribution in [2.24, 2.45) is 7.05 Å². The molecule has 2 rings (SSSR count). The summed E-state index contributed by atoms with van der Waals surface area (Å²) in [6.45, 7) is 0. The molecule has 9 heteroatoms. The molecule has 0 spiro atoms. The molecule has 1 aromatic carbocycles. The van der Waals surface area contributed by atoms with Crippen LogP contribution in [0.2, 0.25) is 5.02 Å². The topological polar surface area (TPSA) is 88.9 Å². The fraction of sp³-hybridized carbons (Fsp3) is 0.167. The largest absolute Gasteiger partial charge is 0.312 e. The molecule has 0 unspecified atom stereocenters. The summed E-state index contributed by atoms with van der Waals surface area (Å²) in [5, 5.41) is 8.46. The Morgan fingerprint density at radius 1 is 1.33 bits per heavy atom. The van der Waals surface area contributed by atoms with Gasteiger partial charge in [-0.2, -0.15) is 0 Å². The maximum Gasteiger partial charge on any atom is 0.271 e. The van der Waals surface area contributed by atoms with Crippen LogP contribution >= 0.6 is 23.4 Å². The molecule has 0 atom stereocenters. The lowest BCUT2D eigenvalue weighted by molar-refractivity contribution is -0.119. The lowest BCUT2D eigenvalue weighted by Gasteiger charge is -2.08. The minimum atomic E-state index is -0.474. The second-order valence-electron chi connectivity index (χ2n) is 4.00. The molecular formula is C12H12ClN5O2S. The number of halogens is 1. The van der Waals surface area contributed by atoms with Gasteiger partial charge in [0.15, 0.2) is 5.16 Å². The maximum absolute atomic E-state index is 11.8. The minimum Gasteiger partial charge on any atom is -0.312 e. The van der Waals surface area contributed by atoms with Crippen molar-refractivity contribution in [3.8, 4) is 0 Å². The average molecular weight is 326 g/mol. The third-order valence-electron chi connectivity index (χ3n) is 2.44. The van der Waals surface area contributed by atoms with E-state index >= 15 is 0 Å². The molecule has 1 aromatic heterocycles. The highest BCUT2D eigenvalue weighted by atomic mass is 35.5. The van der Waals surface area contributed by atoms with Crippen LogP contribution in [0.25, 0.3) is 0 Å². The van der Waals surface area contributed by atoms with Crippen molar-refractivity contribution in [1.29, 1.82) is 0 Å². The number of carbonyl (C=O) groups excluding carboxylic acids is 2. The Balaban J connectivity index is 1.80. The molecule has 0 bridgehead atoms. The lowest BCUT2D eigenvalue weighted by atomic mass is 10.2. The van der Waals surface area contributed by atoms with Crippen LogP contribution in [0, 0.1) is 0 Å². The molecule has 0 fully saturated rings. The molecule has 0 saturated heterocycles. The van der Waals surface area contributed by atoms with Crippen LogP contribution in [-0.2, 0) is 11.8 Å². The minimum absolute atomic E-state index is 0.106. The molecule has 0 radical (unpaired) electrons. The summed E-state index contributed by atoms with van der Waals surface area (Å²) in [6.07, 6.45) is 1.54. The van der Waals surface area contributed by atoms with Crippen molar-refractivity contribution in [2.75, 3.05) is 5.75 Å². The van der Waals surface area contributed by atoms with Gasteiger partial charge in [0, 0.05) is 7.05 Å². The van der Waals surface area contributed by atoms with Gasteiger partial charge in [-0.25, -0.2) is 0 Å². The van der Waals surface area contributed by atoms with Crippen LogP contribution in [0.4, 0.5) is 0 Å². The molecule has 0 saturated carbocycles. The van der Waals surface area contributed by atoms with Crippen LogP contribution in [0.1, 0.15) is 10.4 Å². The highest BCUT2D eigenvalue weighted by Gasteiger charge is 2.11. The monoisotopic (exact) mass is 325 g/mol. The van der Waals surface area contributed by atoms with Crippen LogP contribution < -0.4 is 10.9 Å². The predicted octanol–water partition coefficient (Wildman–Crippen LogP) is 1.02. The third-order valence-corrected chi connectivity index (χ3v) is 3.80. The average Bonchev–Trinajstić information content (AvgIpc) is 2.88. The molecule has 21 heavy (non-hydrogen) atoms. The Morgan fingerprint density at radius 2 is 2.10 bits per heavy atom. The number of aryl methyl sites for hydroxylation is 1. The number of rotatable bonds is 4. The van der Waals surface area contributed by atoms with Crippen LogP contribution in [0.15, 0.2) is 35.7 Å². The normalized spacial score (nSPS) is 10.2. The predicted molar refractivity (Wildman–Crippen MR) is 78.8 cm³/mol. The molecule has 0 aliphatic rings. The summed E-state index contributed by atoms with van der Waals surface area (Å²) < 4.78 is 1.69. The first-order chi connectivity index (χ1) is 10.1. The zero-order chi connectivity index (χ0) is 15.2. The van der Waals surface area contributed by atoms with Gasteiger partial charge in [-0.15, -0.1) is 10.2 Å². The zero-order valence-electron chi connectivity index (χ0n) is 11.0. The van der Waals surface area contributed by atoms with E-state index in [1.165, 1.54) is 11.8 Å². The number of amides is 2. The van der Waals surface area contributed by atoms with Gasteiger partial charge in [0.1, 0.15) is 6.33 Å². The summed E-state index contributed by atoms with van der Waals surface area (Å²) in [5.41, 5.74) is 4.91. The number of hydrazine groups is 1. The van der Waals surface area contributed by atoms with E-state index in [1.54, 1.807) is 42.2 Å². The highest BCUT2D eigenvalue weighted by Crippen LogP contribution is 2.14. The van der Waals surface area contributed by atoms with Crippen molar-refractivity contribution in [2.45, 2.75) is 5.16 Å². The molecule has 2 N–H and O–H groups in total. The summed E-state index contributed by atoms with van der Waals surface area (Å²) in [6, 6.07) is 6.57. The van der Waals surface area contributed by atoms with E-state index in [2.05, 4.69) is 21.0 Å². The Bertz CT molecular complexity index is 661. The number of carbonyl (C=O) groups is 2. The number of benzene rings is 1. The van der Waals surface area contributed by atoms with E-state index in [-0.39, 0.29) is 11.7 Å². The van der Waals surface area contributed by atoms with E-state index < -0.39 is 5.91 Å². The van der Waals surface area contributed by atoms with Crippen molar-refractivity contribution in [3.05, 3.63) is 41.2 Å². The van der Waals surface area contributed by atoms with Crippen LogP contribution in [0.3, 0.4) is 0 Å². The third kappa shape index (κ3) is 4.20. The molecule has 110 valence electrons. The van der Waals surface area contributed by atoms with Gasteiger partial charge in [0.2, 0.25) is 5.91 Å². The van der Waals surface area contributed by atoms with Gasteiger partial charge >= 0.3 is 0 Å². The fourth-order valence-corrected chi connectivity index (χ4v) is 2.32. The summed E-state index contributed by atoms with van der Waals surface area (Å²) in [5.74, 6) is -0.726. The molecule has 0 aliphatic carbocycles. The Kier molecular flexibility index (Phi) is 5.18. The first-order valence-electron chi connectivity index (χ1n) is 5.88. The Hall–Kier alpha value is -2.06. The van der Waals surface area contributed by atoms with Gasteiger partial charge in [0.05, 0.1) is 16.3 Å². The Morgan fingerprint density at radius 3 is 2.76 bits per heavy atom. The second-order valence-corrected chi connectivity index (χ2v) is 5.34. The van der Waals surface area contributed by atoms with Gasteiger partial charge in [-0.3, -0.25) is 20.4 Å². The molecule has 1 heterocycles. The highest BCUT2D eigenvalue weighted by molar-refractivity contribution is 7.99. The lowest BCUT2D eigenvalue weighted by Crippen LogP contribution is -2.42. The molecule has 2 aromatic rings. The van der Waals surface area contributed by atoms with Gasteiger partial charge in [0.25, 0.3) is 5.91 Å². The molecule has 2 amide bonds. The van der Waals surface area contributed by atoms with Crippen molar-refractivity contribution >= 4 is 35.2 Å². The fourth-order valence-electron chi connectivity index (χ4n) is 1.41. The van der Waals surface area contributed by atoms with Gasteiger partial charge in [-0.05, 0) is 12.1 Å². The molecular weight excluding hydrogens is 314 g/mol. The number of hydrogen-bond donors (Lipinski definition) is 2. The smallest absolute Gasteiger partial charge is 0.271 e. The second kappa shape index (κ2) is 7.09. The number of thioether (sulfide) groups is 1. The van der Waals surface area contributed by atoms with E-state index in [0.717, 1.165) is 0 Å². The van der Waals surface area contributed by atoms with E-state index in [9.17, 15) is 9.59 Å². The van der Waals surface area contributed by atoms with Crippen LogP contribution in [-0.4, -0.2) is 32.3 Å². The van der Waals surface area contributed by atoms with E-state index in [4.69, 9.17) is 11.6 Å². The first kappa shape index (κ1) is 15.3. The van der Waals surface area contributed by atoms with Gasteiger partial charge in [-0.1, -0.05) is 35.5 Å². The SMILES string of the molecule is Cn1cnnc1SCC(=O)NNC(=O)c1ccccc1Cl. The van der Waals surface area contributed by atoms with Crippen molar-refractivity contribution in [1.82, 2.24) is 25.6 Å².